The third-order valence-electron chi connectivity index (χ3n) is 3.64. The molecule has 0 spiro atoms. The van der Waals surface area contributed by atoms with Crippen LogP contribution in [0.5, 0.6) is 5.75 Å². The molecule has 1 aliphatic heterocycles. The topological polar surface area (TPSA) is 52.6 Å². The molecule has 4 nitrogen and oxygen atoms in total. The van der Waals surface area contributed by atoms with Gasteiger partial charge in [-0.15, -0.1) is 0 Å². The van der Waals surface area contributed by atoms with E-state index in [9.17, 15) is 9.90 Å². The summed E-state index contributed by atoms with van der Waals surface area (Å²) in [6.45, 7) is 4.70. The van der Waals surface area contributed by atoms with Gasteiger partial charge in [0.1, 0.15) is 5.75 Å². The number of carbonyl (C=O) groups is 1. The normalized spacial score (nSPS) is 19.1. The molecule has 1 saturated heterocycles. The van der Waals surface area contributed by atoms with Crippen LogP contribution in [0.2, 0.25) is 0 Å². The summed E-state index contributed by atoms with van der Waals surface area (Å²) in [5.41, 5.74) is 0.868. The van der Waals surface area contributed by atoms with Crippen LogP contribution in [0.3, 0.4) is 0 Å². The van der Waals surface area contributed by atoms with Gasteiger partial charge in [0.05, 0.1) is 6.42 Å². The predicted molar refractivity (Wildman–Crippen MR) is 75.1 cm³/mol. The minimum Gasteiger partial charge on any atom is -0.508 e. The van der Waals surface area contributed by atoms with Crippen molar-refractivity contribution in [2.75, 3.05) is 19.6 Å². The van der Waals surface area contributed by atoms with Crippen LogP contribution in [0, 0.1) is 0 Å². The van der Waals surface area contributed by atoms with Gasteiger partial charge >= 0.3 is 0 Å². The number of carbonyl (C=O) groups excluding carboxylic acids is 1. The number of likely N-dealkylation sites (N-methyl/N-ethyl adjacent to an activating group) is 1. The summed E-state index contributed by atoms with van der Waals surface area (Å²) in [4.78, 5) is 14.3. The molecule has 1 aliphatic rings. The van der Waals surface area contributed by atoms with Crippen molar-refractivity contribution in [2.45, 2.75) is 32.2 Å². The first kappa shape index (κ1) is 13.9. The van der Waals surface area contributed by atoms with E-state index in [0.29, 0.717) is 12.5 Å². The second-order valence-corrected chi connectivity index (χ2v) is 5.03. The molecular weight excluding hydrogens is 240 g/mol. The monoisotopic (exact) mass is 262 g/mol. The summed E-state index contributed by atoms with van der Waals surface area (Å²) in [5, 5.41) is 12.8. The molecule has 4 heteroatoms. The third kappa shape index (κ3) is 3.70. The molecule has 0 aromatic heterocycles. The fourth-order valence-electron chi connectivity index (χ4n) is 2.68. The van der Waals surface area contributed by atoms with Gasteiger partial charge in [-0.1, -0.05) is 12.1 Å². The van der Waals surface area contributed by atoms with E-state index in [2.05, 4.69) is 5.32 Å². The van der Waals surface area contributed by atoms with E-state index >= 15 is 0 Å². The van der Waals surface area contributed by atoms with E-state index in [-0.39, 0.29) is 11.7 Å². The summed E-state index contributed by atoms with van der Waals surface area (Å²) in [6, 6.07) is 7.24. The second-order valence-electron chi connectivity index (χ2n) is 5.03. The van der Waals surface area contributed by atoms with Gasteiger partial charge in [-0.3, -0.25) is 4.79 Å². The average Bonchev–Trinajstić information content (AvgIpc) is 2.41. The van der Waals surface area contributed by atoms with Crippen molar-refractivity contribution in [3.63, 3.8) is 0 Å². The molecule has 1 aromatic carbocycles. The summed E-state index contributed by atoms with van der Waals surface area (Å²) in [5.74, 6) is 0.356. The number of phenols is 1. The Balaban J connectivity index is 2.00. The number of benzene rings is 1. The zero-order valence-corrected chi connectivity index (χ0v) is 11.4. The Bertz CT molecular complexity index is 428. The van der Waals surface area contributed by atoms with Crippen molar-refractivity contribution in [1.82, 2.24) is 10.2 Å². The Labute approximate surface area is 114 Å². The molecule has 1 atom stereocenters. The van der Waals surface area contributed by atoms with Crippen molar-refractivity contribution in [3.8, 4) is 5.75 Å². The summed E-state index contributed by atoms with van der Waals surface area (Å²) < 4.78 is 0. The predicted octanol–water partition coefficient (Wildman–Crippen LogP) is 1.54. The lowest BCUT2D eigenvalue weighted by atomic mass is 10.0. The van der Waals surface area contributed by atoms with E-state index in [1.165, 1.54) is 0 Å². The molecule has 0 radical (unpaired) electrons. The SMILES string of the molecule is CCN(C(=O)Cc1cccc(O)c1)C1CCCNC1. The fourth-order valence-corrected chi connectivity index (χ4v) is 2.68. The lowest BCUT2D eigenvalue weighted by molar-refractivity contribution is -0.132. The minimum atomic E-state index is 0.141. The highest BCUT2D eigenvalue weighted by molar-refractivity contribution is 5.79. The highest BCUT2D eigenvalue weighted by atomic mass is 16.3. The van der Waals surface area contributed by atoms with Gasteiger partial charge in [0.15, 0.2) is 0 Å². The van der Waals surface area contributed by atoms with E-state index in [4.69, 9.17) is 0 Å². The Morgan fingerprint density at radius 3 is 3.00 bits per heavy atom. The van der Waals surface area contributed by atoms with Crippen LogP contribution in [-0.2, 0) is 11.2 Å². The summed E-state index contributed by atoms with van der Waals surface area (Å²) in [6.07, 6.45) is 2.56. The second kappa shape index (κ2) is 6.57. The van der Waals surface area contributed by atoms with E-state index < -0.39 is 0 Å². The van der Waals surface area contributed by atoms with E-state index in [0.717, 1.165) is 38.0 Å². The number of nitrogens with zero attached hydrogens (tertiary/aromatic N) is 1. The van der Waals surface area contributed by atoms with Crippen LogP contribution in [0.1, 0.15) is 25.3 Å². The number of hydrogen-bond donors (Lipinski definition) is 2. The summed E-state index contributed by atoms with van der Waals surface area (Å²) >= 11 is 0. The van der Waals surface area contributed by atoms with E-state index in [1.807, 2.05) is 17.9 Å². The Hall–Kier alpha value is -1.55. The minimum absolute atomic E-state index is 0.141. The molecule has 1 unspecified atom stereocenters. The number of amides is 1. The first-order valence-electron chi connectivity index (χ1n) is 6.98. The molecule has 0 saturated carbocycles. The van der Waals surface area contributed by atoms with Crippen molar-refractivity contribution in [1.29, 1.82) is 0 Å². The molecule has 1 aromatic rings. The van der Waals surface area contributed by atoms with Gasteiger partial charge in [-0.25, -0.2) is 0 Å². The molecule has 0 bridgehead atoms. The number of piperidine rings is 1. The number of rotatable bonds is 4. The van der Waals surface area contributed by atoms with Crippen LogP contribution in [0.4, 0.5) is 0 Å². The van der Waals surface area contributed by atoms with Gasteiger partial charge in [-0.05, 0) is 44.0 Å². The standard InChI is InChI=1S/C15H22N2O2/c1-2-17(13-6-4-8-16-11-13)15(19)10-12-5-3-7-14(18)9-12/h3,5,7,9,13,16,18H,2,4,6,8,10-11H2,1H3. The molecule has 1 amide bonds. The van der Waals surface area contributed by atoms with E-state index in [1.54, 1.807) is 18.2 Å². The lowest BCUT2D eigenvalue weighted by Gasteiger charge is -2.34. The summed E-state index contributed by atoms with van der Waals surface area (Å²) in [7, 11) is 0. The molecule has 104 valence electrons. The van der Waals surface area contributed by atoms with Gasteiger partial charge < -0.3 is 15.3 Å². The highest BCUT2D eigenvalue weighted by Gasteiger charge is 2.23. The Kier molecular flexibility index (Phi) is 4.80. The molecule has 2 rings (SSSR count). The van der Waals surface area contributed by atoms with Crippen LogP contribution in [-0.4, -0.2) is 41.6 Å². The molecule has 19 heavy (non-hydrogen) atoms. The van der Waals surface area contributed by atoms with Gasteiger partial charge in [0.25, 0.3) is 0 Å². The van der Waals surface area contributed by atoms with Gasteiger partial charge in [-0.2, -0.15) is 0 Å². The number of aromatic hydroxyl groups is 1. The zero-order valence-electron chi connectivity index (χ0n) is 11.4. The molecule has 1 heterocycles. The van der Waals surface area contributed by atoms with Crippen LogP contribution < -0.4 is 5.32 Å². The number of nitrogens with one attached hydrogen (secondary N) is 1. The lowest BCUT2D eigenvalue weighted by Crippen LogP contribution is -2.49. The molecule has 1 fully saturated rings. The smallest absolute Gasteiger partial charge is 0.227 e. The maximum atomic E-state index is 12.4. The largest absolute Gasteiger partial charge is 0.508 e. The molecular formula is C15H22N2O2. The third-order valence-corrected chi connectivity index (χ3v) is 3.64. The first-order chi connectivity index (χ1) is 9.20. The zero-order chi connectivity index (χ0) is 13.7. The first-order valence-corrected chi connectivity index (χ1v) is 6.98. The number of hydrogen-bond acceptors (Lipinski definition) is 3. The Morgan fingerprint density at radius 2 is 2.37 bits per heavy atom. The maximum absolute atomic E-state index is 12.4. The van der Waals surface area contributed by atoms with Gasteiger partial charge in [0, 0.05) is 19.1 Å². The average molecular weight is 262 g/mol. The highest BCUT2D eigenvalue weighted by Crippen LogP contribution is 2.15. The molecule has 2 N–H and O–H groups in total. The number of phenolic OH excluding ortho intramolecular Hbond substituents is 1. The van der Waals surface area contributed by atoms with Crippen molar-refractivity contribution in [3.05, 3.63) is 29.8 Å². The van der Waals surface area contributed by atoms with Crippen molar-refractivity contribution < 1.29 is 9.90 Å². The maximum Gasteiger partial charge on any atom is 0.227 e. The Morgan fingerprint density at radius 1 is 1.53 bits per heavy atom. The fraction of sp³-hybridized carbons (Fsp3) is 0.533. The van der Waals surface area contributed by atoms with Crippen LogP contribution in [0.15, 0.2) is 24.3 Å². The quantitative estimate of drug-likeness (QED) is 0.865. The van der Waals surface area contributed by atoms with Gasteiger partial charge in [0.2, 0.25) is 5.91 Å². The van der Waals surface area contributed by atoms with Crippen LogP contribution in [0.25, 0.3) is 0 Å². The van der Waals surface area contributed by atoms with Crippen molar-refractivity contribution in [2.24, 2.45) is 0 Å². The van der Waals surface area contributed by atoms with Crippen molar-refractivity contribution >= 4 is 5.91 Å². The van der Waals surface area contributed by atoms with Crippen LogP contribution >= 0.6 is 0 Å². The molecule has 0 aliphatic carbocycles.